The number of aromatic nitrogens is 4. The number of nitrogens with two attached hydrogens (primary N) is 2. The number of amides is 2. The van der Waals surface area contributed by atoms with Gasteiger partial charge in [-0.05, 0) is 56.1 Å². The number of aryl methyl sites for hydroxylation is 1. The number of benzene rings is 1. The molecule has 4 rings (SSSR count). The molecular formula is C22H26N8O2. The molecule has 1 fully saturated rings. The van der Waals surface area contributed by atoms with E-state index in [0.29, 0.717) is 23.2 Å². The molecule has 2 aromatic heterocycles. The maximum absolute atomic E-state index is 11.7. The Morgan fingerprint density at radius 2 is 2.00 bits per heavy atom. The van der Waals surface area contributed by atoms with Gasteiger partial charge in [-0.2, -0.15) is 5.10 Å². The normalized spacial score (nSPS) is 14.3. The molecule has 0 saturated carbocycles. The topological polar surface area (TPSA) is 154 Å². The molecule has 0 radical (unpaired) electrons. The minimum Gasteiger partial charge on any atom is -0.369 e. The first-order chi connectivity index (χ1) is 15.4. The Morgan fingerprint density at radius 3 is 2.72 bits per heavy atom. The van der Waals surface area contributed by atoms with Crippen molar-refractivity contribution in [1.29, 1.82) is 0 Å². The van der Waals surface area contributed by atoms with Crippen LogP contribution in [0.15, 0.2) is 36.8 Å². The minimum atomic E-state index is -0.611. The van der Waals surface area contributed by atoms with Gasteiger partial charge in [0.05, 0.1) is 30.0 Å². The lowest BCUT2D eigenvalue weighted by molar-refractivity contribution is -0.117. The van der Waals surface area contributed by atoms with Crippen LogP contribution in [0.5, 0.6) is 0 Å². The predicted octanol–water partition coefficient (Wildman–Crippen LogP) is 1.44. The number of rotatable bonds is 7. The molecule has 10 nitrogen and oxygen atoms in total. The van der Waals surface area contributed by atoms with Gasteiger partial charge in [0.2, 0.25) is 17.8 Å². The first-order valence-corrected chi connectivity index (χ1v) is 10.5. The van der Waals surface area contributed by atoms with Crippen LogP contribution in [0.3, 0.4) is 0 Å². The molecule has 10 heteroatoms. The number of hydrogen-bond acceptors (Lipinski definition) is 7. The van der Waals surface area contributed by atoms with E-state index >= 15 is 0 Å². The van der Waals surface area contributed by atoms with Gasteiger partial charge in [-0.25, -0.2) is 9.97 Å². The fraction of sp³-hybridized carbons (Fsp3) is 0.318. The summed E-state index contributed by atoms with van der Waals surface area (Å²) in [6.07, 6.45) is 7.44. The van der Waals surface area contributed by atoms with Crippen molar-refractivity contribution in [1.82, 2.24) is 25.1 Å². The highest BCUT2D eigenvalue weighted by atomic mass is 16.1. The quantitative estimate of drug-likeness (QED) is 0.439. The van der Waals surface area contributed by atoms with Gasteiger partial charge < -0.3 is 22.1 Å². The zero-order chi connectivity index (χ0) is 22.7. The average molecular weight is 435 g/mol. The molecule has 1 aliphatic heterocycles. The van der Waals surface area contributed by atoms with Crippen molar-refractivity contribution < 1.29 is 9.59 Å². The van der Waals surface area contributed by atoms with Crippen LogP contribution in [0.4, 0.5) is 11.6 Å². The molecule has 1 saturated heterocycles. The van der Waals surface area contributed by atoms with Crippen molar-refractivity contribution in [3.8, 4) is 11.3 Å². The fourth-order valence-corrected chi connectivity index (χ4v) is 3.91. The van der Waals surface area contributed by atoms with E-state index in [1.165, 1.54) is 0 Å². The van der Waals surface area contributed by atoms with Crippen LogP contribution in [-0.2, 0) is 11.2 Å². The standard InChI is InChI=1S/C22H26N8O2/c1-13-10-26-22(28-16-11-27-30(12-16)17-4-6-25-7-5-17)29-20(13)14-2-3-18(21(24)32)15(8-14)9-19(23)31/h2-3,8,10-12,17,25H,4-7,9H2,1H3,(H2,23,31)(H2,24,32)(H,26,28,29). The highest BCUT2D eigenvalue weighted by Gasteiger charge is 2.17. The van der Waals surface area contributed by atoms with Crippen LogP contribution in [0.1, 0.15) is 40.4 Å². The number of nitrogens with one attached hydrogen (secondary N) is 2. The Bertz CT molecular complexity index is 1150. The van der Waals surface area contributed by atoms with Gasteiger partial charge in [-0.1, -0.05) is 6.07 Å². The number of piperidine rings is 1. The summed E-state index contributed by atoms with van der Waals surface area (Å²) >= 11 is 0. The minimum absolute atomic E-state index is 0.0861. The molecule has 0 bridgehead atoms. The second-order valence-corrected chi connectivity index (χ2v) is 7.92. The van der Waals surface area contributed by atoms with Gasteiger partial charge in [0.15, 0.2) is 0 Å². The van der Waals surface area contributed by atoms with Crippen molar-refractivity contribution in [2.75, 3.05) is 18.4 Å². The SMILES string of the molecule is Cc1cnc(Nc2cnn(C3CCNCC3)c2)nc1-c1ccc(C(N)=O)c(CC(N)=O)c1. The molecular weight excluding hydrogens is 408 g/mol. The Morgan fingerprint density at radius 1 is 1.22 bits per heavy atom. The van der Waals surface area contributed by atoms with E-state index in [1.807, 2.05) is 17.8 Å². The monoisotopic (exact) mass is 434 g/mol. The van der Waals surface area contributed by atoms with Crippen molar-refractivity contribution in [2.24, 2.45) is 11.5 Å². The van der Waals surface area contributed by atoms with Crippen LogP contribution in [-0.4, -0.2) is 44.7 Å². The molecule has 1 aromatic carbocycles. The first kappa shape index (κ1) is 21.4. The van der Waals surface area contributed by atoms with Gasteiger partial charge in [0.1, 0.15) is 0 Å². The maximum atomic E-state index is 11.7. The summed E-state index contributed by atoms with van der Waals surface area (Å²) in [6.45, 7) is 3.87. The summed E-state index contributed by atoms with van der Waals surface area (Å²) < 4.78 is 1.98. The number of nitrogens with zero attached hydrogens (tertiary/aromatic N) is 4. The number of hydrogen-bond donors (Lipinski definition) is 4. The molecule has 0 aliphatic carbocycles. The Balaban J connectivity index is 1.60. The lowest BCUT2D eigenvalue weighted by Crippen LogP contribution is -2.29. The van der Waals surface area contributed by atoms with E-state index in [1.54, 1.807) is 30.6 Å². The smallest absolute Gasteiger partial charge is 0.248 e. The highest BCUT2D eigenvalue weighted by Crippen LogP contribution is 2.26. The third kappa shape index (κ3) is 4.75. The average Bonchev–Trinajstić information content (AvgIpc) is 3.23. The van der Waals surface area contributed by atoms with Gasteiger partial charge in [0, 0.05) is 23.5 Å². The lowest BCUT2D eigenvalue weighted by Gasteiger charge is -2.22. The summed E-state index contributed by atoms with van der Waals surface area (Å²) in [4.78, 5) is 32.2. The van der Waals surface area contributed by atoms with E-state index in [2.05, 4.69) is 25.7 Å². The Hall–Kier alpha value is -3.79. The summed E-state index contributed by atoms with van der Waals surface area (Å²) in [5.74, 6) is -0.733. The zero-order valence-corrected chi connectivity index (χ0v) is 17.8. The third-order valence-electron chi connectivity index (χ3n) is 5.52. The van der Waals surface area contributed by atoms with Gasteiger partial charge in [-0.15, -0.1) is 0 Å². The second kappa shape index (κ2) is 9.15. The molecule has 3 aromatic rings. The summed E-state index contributed by atoms with van der Waals surface area (Å²) in [6, 6.07) is 5.44. The molecule has 1 aliphatic rings. The first-order valence-electron chi connectivity index (χ1n) is 10.5. The number of carbonyl (C=O) groups is 2. The van der Waals surface area contributed by atoms with Crippen LogP contribution in [0.25, 0.3) is 11.3 Å². The van der Waals surface area contributed by atoms with Gasteiger partial charge in [-0.3, -0.25) is 14.3 Å². The van der Waals surface area contributed by atoms with E-state index in [4.69, 9.17) is 11.5 Å². The van der Waals surface area contributed by atoms with Crippen molar-refractivity contribution >= 4 is 23.5 Å². The largest absolute Gasteiger partial charge is 0.369 e. The summed E-state index contributed by atoms with van der Waals surface area (Å²) in [5.41, 5.74) is 14.6. The molecule has 0 spiro atoms. The zero-order valence-electron chi connectivity index (χ0n) is 17.8. The molecule has 6 N–H and O–H groups in total. The van der Waals surface area contributed by atoms with Gasteiger partial charge in [0.25, 0.3) is 0 Å². The van der Waals surface area contributed by atoms with Gasteiger partial charge >= 0.3 is 0 Å². The number of carbonyl (C=O) groups excluding carboxylic acids is 2. The molecule has 166 valence electrons. The van der Waals surface area contributed by atoms with Crippen molar-refractivity contribution in [3.63, 3.8) is 0 Å². The molecule has 3 heterocycles. The van der Waals surface area contributed by atoms with Crippen LogP contribution >= 0.6 is 0 Å². The van der Waals surface area contributed by atoms with Crippen LogP contribution in [0, 0.1) is 6.92 Å². The van der Waals surface area contributed by atoms with E-state index < -0.39 is 11.8 Å². The Kier molecular flexibility index (Phi) is 6.13. The molecule has 0 atom stereocenters. The third-order valence-corrected chi connectivity index (χ3v) is 5.52. The lowest BCUT2D eigenvalue weighted by atomic mass is 9.98. The molecule has 2 amide bonds. The van der Waals surface area contributed by atoms with Crippen molar-refractivity contribution in [2.45, 2.75) is 32.2 Å². The maximum Gasteiger partial charge on any atom is 0.248 e. The summed E-state index contributed by atoms with van der Waals surface area (Å²) in [7, 11) is 0. The van der Waals surface area contributed by atoms with E-state index in [9.17, 15) is 9.59 Å². The molecule has 32 heavy (non-hydrogen) atoms. The van der Waals surface area contributed by atoms with E-state index in [-0.39, 0.29) is 12.0 Å². The number of primary amides is 2. The Labute approximate surface area is 185 Å². The van der Waals surface area contributed by atoms with E-state index in [0.717, 1.165) is 42.7 Å². The molecule has 0 unspecified atom stereocenters. The summed E-state index contributed by atoms with van der Waals surface area (Å²) in [5, 5.41) is 11.0. The highest BCUT2D eigenvalue weighted by molar-refractivity contribution is 5.96. The second-order valence-electron chi connectivity index (χ2n) is 7.92. The number of anilines is 2. The van der Waals surface area contributed by atoms with Crippen LogP contribution in [0.2, 0.25) is 0 Å². The predicted molar refractivity (Wildman–Crippen MR) is 120 cm³/mol. The van der Waals surface area contributed by atoms with Crippen LogP contribution < -0.4 is 22.1 Å². The fourth-order valence-electron chi connectivity index (χ4n) is 3.91. The van der Waals surface area contributed by atoms with Crippen molar-refractivity contribution in [3.05, 3.63) is 53.5 Å².